The van der Waals surface area contributed by atoms with Crippen molar-refractivity contribution in [1.82, 2.24) is 0 Å². The molecule has 18 atom stereocenters. The molecule has 0 saturated heterocycles. The number of nitrogens with zero attached hydrogens (tertiary/aromatic N) is 1. The molecule has 0 unspecified atom stereocenters. The topological polar surface area (TPSA) is 679 Å². The number of aliphatic hydroxyl groups is 6. The van der Waals surface area contributed by atoms with E-state index >= 15 is 0 Å². The summed E-state index contributed by atoms with van der Waals surface area (Å²) in [6, 6.07) is 15.1. The predicted molar refractivity (Wildman–Crippen MR) is 473 cm³/mol. The van der Waals surface area contributed by atoms with Crippen molar-refractivity contribution >= 4 is 59.7 Å². The summed E-state index contributed by atoms with van der Waals surface area (Å²) in [4.78, 5) is 81.8. The third-order valence-corrected chi connectivity index (χ3v) is 24.3. The van der Waals surface area contributed by atoms with E-state index in [1.54, 1.807) is 6.92 Å². The van der Waals surface area contributed by atoms with Gasteiger partial charge in [-0.25, -0.2) is 4.79 Å². The molecule has 6 aliphatic rings. The van der Waals surface area contributed by atoms with Crippen molar-refractivity contribution in [3.8, 4) is 17.2 Å². The number of aliphatic carboxylic acids is 6. The average molecular weight is 1780 g/mol. The van der Waals surface area contributed by atoms with E-state index in [2.05, 4.69) is 58.7 Å². The number of aliphatic hydroxyl groups excluding tert-OH is 6. The molecule has 0 heterocycles. The smallest absolute Gasteiger partial charge is 0.341 e. The van der Waals surface area contributed by atoms with E-state index in [9.17, 15) is 74.4 Å². The van der Waals surface area contributed by atoms with Crippen LogP contribution in [0.25, 0.3) is 0 Å². The van der Waals surface area contributed by atoms with Crippen molar-refractivity contribution in [2.24, 2.45) is 110 Å². The molecule has 35 heteroatoms. The van der Waals surface area contributed by atoms with Crippen molar-refractivity contribution in [1.29, 1.82) is 0 Å². The fraction of sp³-hybridized carbons (Fsp3) is 0.692. The number of esters is 1. The second-order valence-corrected chi connectivity index (χ2v) is 34.0. The number of carbonyl (C=O) groups is 7. The van der Waals surface area contributed by atoms with Crippen LogP contribution in [0.15, 0.2) is 59.6 Å². The number of rotatable bonds is 46. The predicted octanol–water partition coefficient (Wildman–Crippen LogP) is 0.166. The Morgan fingerprint density at radius 3 is 1.00 bits per heavy atom. The Morgan fingerprint density at radius 1 is 0.437 bits per heavy atom. The molecule has 3 fully saturated rings. The van der Waals surface area contributed by atoms with E-state index in [-0.39, 0.29) is 84.8 Å². The second kappa shape index (κ2) is 61.3. The van der Waals surface area contributed by atoms with Gasteiger partial charge in [0.15, 0.2) is 12.6 Å². The molecule has 0 aromatic heterocycles. The number of ether oxygens (including phenoxy) is 4. The number of carboxylic acids is 6. The van der Waals surface area contributed by atoms with E-state index < -0.39 is 67.2 Å². The normalized spacial score (nSPS) is 21.9. The SMILES string of the molecule is CCCCC[C@H](O)CC[C@@H]1[C@H]2Cc3cccc(OCC(=O)O)c3C[C@H]2C[C@H]1O.CCCCC[C@H](O)CC[C@@H]1[C@H]2Cc3cccc(OCC(=O)[O-])c3C[C@H]2C[C@H]1O.CCCCC[C@H](O)CC[C@@H]1[C@H]2Cc3cccc(OCC(=O)[O-])c3C[C@H]2C[C@H]1O.CCOC(C)=O.NC(N)=NCCC[C@H](N)C(=O)O.NC(N)=[NH+]CCC[C@H](N)C(=O)O.NC(N)=[NH+]CCC[C@H](N)C(=O)O. The highest BCUT2D eigenvalue weighted by molar-refractivity contribution is 5.76. The summed E-state index contributed by atoms with van der Waals surface area (Å²) >= 11 is 0. The van der Waals surface area contributed by atoms with Gasteiger partial charge in [-0.2, -0.15) is 0 Å². The van der Waals surface area contributed by atoms with Crippen LogP contribution in [0, 0.1) is 53.3 Å². The number of nitrogens with one attached hydrogen (secondary N) is 2. The van der Waals surface area contributed by atoms with Gasteiger partial charge in [-0.05, 0) is 266 Å². The summed E-state index contributed by atoms with van der Waals surface area (Å²) in [7, 11) is 0. The number of nitrogens with two attached hydrogens (primary N) is 9. The van der Waals surface area contributed by atoms with Crippen molar-refractivity contribution in [3.63, 3.8) is 0 Å². The Morgan fingerprint density at radius 2 is 0.746 bits per heavy atom. The zero-order valence-electron chi connectivity index (χ0n) is 74.8. The lowest BCUT2D eigenvalue weighted by Crippen LogP contribution is -2.78. The third kappa shape index (κ3) is 43.1. The first-order valence-electron chi connectivity index (χ1n) is 45.1. The van der Waals surface area contributed by atoms with Crippen molar-refractivity contribution in [2.45, 2.75) is 301 Å². The van der Waals surface area contributed by atoms with Gasteiger partial charge in [0.2, 0.25) is 0 Å². The number of fused-ring (bicyclic) bond motifs is 6. The van der Waals surface area contributed by atoms with Gasteiger partial charge in [0.1, 0.15) is 48.6 Å². The highest BCUT2D eigenvalue weighted by Gasteiger charge is 2.48. The van der Waals surface area contributed by atoms with Crippen LogP contribution in [0.4, 0.5) is 0 Å². The molecule has 0 spiro atoms. The minimum atomic E-state index is -1.22. The van der Waals surface area contributed by atoms with Gasteiger partial charge >= 0.3 is 41.8 Å². The number of benzene rings is 3. The van der Waals surface area contributed by atoms with Gasteiger partial charge < -0.3 is 118 Å². The van der Waals surface area contributed by atoms with Gasteiger partial charge in [-0.1, -0.05) is 115 Å². The quantitative estimate of drug-likeness (QED) is 0.0155. The molecule has 0 aliphatic heterocycles. The molecule has 3 aromatic rings. The maximum atomic E-state index is 10.8. The molecule has 30 N–H and O–H groups in total. The summed E-state index contributed by atoms with van der Waals surface area (Å²) in [6.45, 7) is 10.5. The van der Waals surface area contributed by atoms with Crippen LogP contribution in [-0.2, 0) is 76.8 Å². The first-order chi connectivity index (χ1) is 59.9. The Labute approximate surface area is 742 Å². The molecule has 6 aliphatic carbocycles. The monoisotopic (exact) mass is 1780 g/mol. The van der Waals surface area contributed by atoms with Gasteiger partial charge in [0.25, 0.3) is 0 Å². The van der Waals surface area contributed by atoms with Crippen LogP contribution in [0.3, 0.4) is 0 Å². The van der Waals surface area contributed by atoms with Crippen molar-refractivity contribution < 1.29 is 124 Å². The Bertz CT molecular complexity index is 3430. The highest BCUT2D eigenvalue weighted by atomic mass is 16.5. The second-order valence-electron chi connectivity index (χ2n) is 34.0. The zero-order valence-corrected chi connectivity index (χ0v) is 74.8. The number of carboxylic acid groups (broad SMARTS) is 6. The molecule has 0 radical (unpaired) electrons. The van der Waals surface area contributed by atoms with Crippen molar-refractivity contribution in [2.75, 3.05) is 46.1 Å². The highest BCUT2D eigenvalue weighted by Crippen LogP contribution is 2.52. The van der Waals surface area contributed by atoms with E-state index in [1.807, 2.05) is 36.4 Å². The summed E-state index contributed by atoms with van der Waals surface area (Å²) in [6.07, 6.45) is 26.4. The number of aliphatic imine (C=N–C) groups is 1. The molecule has 9 rings (SSSR count). The molecule has 35 nitrogen and oxygen atoms in total. The zero-order chi connectivity index (χ0) is 94.0. The molecular weight excluding hydrogens is 1630 g/mol. The number of unbranched alkanes of at least 4 members (excludes halogenated alkanes) is 6. The molecule has 3 aromatic carbocycles. The van der Waals surface area contributed by atoms with Crippen LogP contribution in [0.1, 0.15) is 241 Å². The summed E-state index contributed by atoms with van der Waals surface area (Å²) in [5, 5.41) is 118. The Hall–Kier alpha value is -9.20. The number of carbonyl (C=O) groups excluding carboxylic acids is 3. The first kappa shape index (κ1) is 111. The maximum Gasteiger partial charge on any atom is 0.341 e. The largest absolute Gasteiger partial charge is 0.546 e. The van der Waals surface area contributed by atoms with Crippen LogP contribution in [0.5, 0.6) is 17.2 Å². The first-order valence-corrected chi connectivity index (χ1v) is 45.1. The molecule has 3 saturated carbocycles. The Kier molecular flexibility index (Phi) is 54.0. The lowest BCUT2D eigenvalue weighted by atomic mass is 9.73. The number of hydrogen-bond acceptors (Lipinski definition) is 23. The van der Waals surface area contributed by atoms with Crippen LogP contribution in [0.2, 0.25) is 0 Å². The van der Waals surface area contributed by atoms with Crippen LogP contribution in [-0.4, -0.2) is 212 Å². The van der Waals surface area contributed by atoms with Gasteiger partial charge in [-0.3, -0.25) is 57.1 Å². The molecule has 714 valence electrons. The minimum Gasteiger partial charge on any atom is -0.546 e. The average Bonchev–Trinajstić information content (AvgIpc) is 1.62. The lowest BCUT2D eigenvalue weighted by Gasteiger charge is -2.32. The number of guanidine groups is 3. The van der Waals surface area contributed by atoms with E-state index in [0.29, 0.717) is 118 Å². The number of hydrogen-bond donors (Lipinski definition) is 21. The van der Waals surface area contributed by atoms with Crippen molar-refractivity contribution in [3.05, 3.63) is 88.0 Å². The summed E-state index contributed by atoms with van der Waals surface area (Å²) in [5.41, 5.74) is 53.1. The lowest BCUT2D eigenvalue weighted by molar-refractivity contribution is -0.460. The maximum absolute atomic E-state index is 10.8. The third-order valence-electron chi connectivity index (χ3n) is 24.3. The van der Waals surface area contributed by atoms with E-state index in [4.69, 9.17) is 86.2 Å². The minimum absolute atomic E-state index is 0.0129. The molecular formula is C91H152N12O23. The fourth-order valence-electron chi connectivity index (χ4n) is 17.9. The van der Waals surface area contributed by atoms with Gasteiger partial charge in [-0.15, -0.1) is 0 Å². The molecule has 126 heavy (non-hydrogen) atoms. The summed E-state index contributed by atoms with van der Waals surface area (Å²) in [5.74, 6) is -1.25. The standard InChI is InChI=1S/3C23H34O5.3C6H14N4O2.C4H8O2/c3*1-2-3-4-7-17(24)9-10-18-19-11-15-6-5-8-22(28-14-23(26)27)20(15)12-16(19)13-21(18)25;3*7-4(5(11)12)2-1-3-10-6(8)9;1-3-6-4(2)5/h3*5-6,8,16-19,21,24-25H,2-4,7,9-14H2,1H3,(H,26,27);3*4H,1-3,7H2,(H,11,12)(H4,8,9,10);3H2,1-2H3/t3*16-,17-,18+,19-,21+;3*4-;/m000000./s1. The Balaban J connectivity index is 0.000000400. The fourth-order valence-corrected chi connectivity index (χ4v) is 17.9. The van der Waals surface area contributed by atoms with Gasteiger partial charge in [0, 0.05) is 13.5 Å². The summed E-state index contributed by atoms with van der Waals surface area (Å²) < 4.78 is 20.8. The van der Waals surface area contributed by atoms with E-state index in [0.717, 1.165) is 190 Å². The van der Waals surface area contributed by atoms with Gasteiger partial charge in [0.05, 0.1) is 68.3 Å². The van der Waals surface area contributed by atoms with Crippen LogP contribution < -0.4 is 86.0 Å². The van der Waals surface area contributed by atoms with E-state index in [1.165, 1.54) is 23.6 Å². The molecule has 0 amide bonds. The van der Waals surface area contributed by atoms with Crippen LogP contribution >= 0.6 is 0 Å². The molecule has 0 bridgehead atoms.